The highest BCUT2D eigenvalue weighted by Crippen LogP contribution is 2.34. The second-order valence-electron chi connectivity index (χ2n) is 6.46. The molecule has 0 bridgehead atoms. The van der Waals surface area contributed by atoms with Crippen LogP contribution in [0.4, 0.5) is 9.18 Å². The van der Waals surface area contributed by atoms with Crippen molar-refractivity contribution < 1.29 is 13.9 Å². The highest BCUT2D eigenvalue weighted by molar-refractivity contribution is 9.09. The Bertz CT molecular complexity index is 515. The van der Waals surface area contributed by atoms with Crippen molar-refractivity contribution in [1.82, 2.24) is 4.90 Å². The Labute approximate surface area is 133 Å². The van der Waals surface area contributed by atoms with Crippen LogP contribution in [0.3, 0.4) is 0 Å². The van der Waals surface area contributed by atoms with Gasteiger partial charge in [0.25, 0.3) is 0 Å². The minimum absolute atomic E-state index is 0.132. The van der Waals surface area contributed by atoms with Crippen LogP contribution < -0.4 is 0 Å². The molecule has 0 saturated carbocycles. The molecule has 0 unspecified atom stereocenters. The number of amides is 1. The summed E-state index contributed by atoms with van der Waals surface area (Å²) < 4.78 is 18.8. The SMILES string of the molecule is CC(C)(C)OC(=O)N1C[C@@H](CBr)[C@H](c2cccc(F)c2)C1. The van der Waals surface area contributed by atoms with Gasteiger partial charge in [-0.25, -0.2) is 9.18 Å². The van der Waals surface area contributed by atoms with E-state index >= 15 is 0 Å². The Hall–Kier alpha value is -1.10. The molecule has 2 atom stereocenters. The van der Waals surface area contributed by atoms with E-state index in [0.29, 0.717) is 13.1 Å². The standard InChI is InChI=1S/C16H21BrFNO2/c1-16(2,3)21-15(20)19-9-12(8-17)14(10-19)11-5-4-6-13(18)7-11/h4-7,12,14H,8-10H2,1-3H3/t12-,14+/m1/s1. The molecule has 1 saturated heterocycles. The number of rotatable bonds is 2. The Morgan fingerprint density at radius 1 is 1.43 bits per heavy atom. The molecular formula is C16H21BrFNO2. The topological polar surface area (TPSA) is 29.5 Å². The van der Waals surface area contributed by atoms with E-state index in [-0.39, 0.29) is 23.7 Å². The molecule has 0 radical (unpaired) electrons. The molecule has 1 aromatic rings. The Morgan fingerprint density at radius 2 is 2.14 bits per heavy atom. The maximum Gasteiger partial charge on any atom is 0.410 e. The third kappa shape index (κ3) is 4.19. The van der Waals surface area contributed by atoms with Gasteiger partial charge in [-0.1, -0.05) is 28.1 Å². The third-order valence-corrected chi connectivity index (χ3v) is 4.40. The smallest absolute Gasteiger partial charge is 0.410 e. The van der Waals surface area contributed by atoms with Gasteiger partial charge in [-0.2, -0.15) is 0 Å². The molecule has 3 nitrogen and oxygen atoms in total. The van der Waals surface area contributed by atoms with Gasteiger partial charge in [0.1, 0.15) is 11.4 Å². The lowest BCUT2D eigenvalue weighted by Crippen LogP contribution is -2.35. The Kier molecular flexibility index (Phi) is 4.91. The van der Waals surface area contributed by atoms with E-state index in [9.17, 15) is 9.18 Å². The molecule has 0 aromatic heterocycles. The predicted molar refractivity (Wildman–Crippen MR) is 84.2 cm³/mol. The molecule has 1 heterocycles. The minimum atomic E-state index is -0.502. The molecule has 1 aliphatic heterocycles. The van der Waals surface area contributed by atoms with Crippen molar-refractivity contribution in [2.45, 2.75) is 32.3 Å². The van der Waals surface area contributed by atoms with Crippen LogP contribution in [0.5, 0.6) is 0 Å². The van der Waals surface area contributed by atoms with E-state index in [1.165, 1.54) is 6.07 Å². The fourth-order valence-electron chi connectivity index (χ4n) is 2.62. The first-order chi connectivity index (χ1) is 9.80. The number of hydrogen-bond acceptors (Lipinski definition) is 2. The molecule has 116 valence electrons. The molecule has 0 N–H and O–H groups in total. The average molecular weight is 358 g/mol. The highest BCUT2D eigenvalue weighted by Gasteiger charge is 2.37. The van der Waals surface area contributed by atoms with E-state index in [1.54, 1.807) is 17.0 Å². The van der Waals surface area contributed by atoms with Crippen molar-refractivity contribution >= 4 is 22.0 Å². The zero-order valence-corrected chi connectivity index (χ0v) is 14.2. The summed E-state index contributed by atoms with van der Waals surface area (Å²) in [6, 6.07) is 6.63. The quantitative estimate of drug-likeness (QED) is 0.743. The molecule has 0 spiro atoms. The fraction of sp³-hybridized carbons (Fsp3) is 0.562. The zero-order chi connectivity index (χ0) is 15.6. The van der Waals surface area contributed by atoms with Gasteiger partial charge in [0.2, 0.25) is 0 Å². The molecule has 5 heteroatoms. The molecule has 21 heavy (non-hydrogen) atoms. The summed E-state index contributed by atoms with van der Waals surface area (Å²) in [4.78, 5) is 13.9. The number of carbonyl (C=O) groups excluding carboxylic acids is 1. The van der Waals surface area contributed by atoms with Crippen molar-refractivity contribution in [2.24, 2.45) is 5.92 Å². The normalized spacial score (nSPS) is 22.4. The first-order valence-electron chi connectivity index (χ1n) is 7.09. The number of likely N-dealkylation sites (tertiary alicyclic amines) is 1. The summed E-state index contributed by atoms with van der Waals surface area (Å²) in [5, 5.41) is 0.771. The van der Waals surface area contributed by atoms with Crippen LogP contribution in [-0.4, -0.2) is 35.0 Å². The summed E-state index contributed by atoms with van der Waals surface area (Å²) in [6.07, 6.45) is -0.299. The van der Waals surface area contributed by atoms with Gasteiger partial charge in [0.05, 0.1) is 0 Å². The van der Waals surface area contributed by atoms with Crippen molar-refractivity contribution in [2.75, 3.05) is 18.4 Å². The summed E-state index contributed by atoms with van der Waals surface area (Å²) in [6.45, 7) is 6.75. The summed E-state index contributed by atoms with van der Waals surface area (Å²) >= 11 is 3.50. The predicted octanol–water partition coefficient (Wildman–Crippen LogP) is 4.17. The lowest BCUT2D eigenvalue weighted by atomic mass is 9.90. The number of hydrogen-bond donors (Lipinski definition) is 0. The zero-order valence-electron chi connectivity index (χ0n) is 12.6. The molecule has 1 aromatic carbocycles. The van der Waals surface area contributed by atoms with Gasteiger partial charge in [-0.05, 0) is 44.4 Å². The van der Waals surface area contributed by atoms with Gasteiger partial charge in [0.15, 0.2) is 0 Å². The van der Waals surface area contributed by atoms with Crippen molar-refractivity contribution in [3.8, 4) is 0 Å². The van der Waals surface area contributed by atoms with Crippen molar-refractivity contribution in [1.29, 1.82) is 0 Å². The molecule has 0 aliphatic carbocycles. The minimum Gasteiger partial charge on any atom is -0.444 e. The van der Waals surface area contributed by atoms with Crippen molar-refractivity contribution in [3.63, 3.8) is 0 Å². The van der Waals surface area contributed by atoms with E-state index in [0.717, 1.165) is 10.9 Å². The maximum absolute atomic E-state index is 13.4. The molecule has 1 amide bonds. The lowest BCUT2D eigenvalue weighted by molar-refractivity contribution is 0.0288. The number of benzene rings is 1. The average Bonchev–Trinajstić information content (AvgIpc) is 2.81. The summed E-state index contributed by atoms with van der Waals surface area (Å²) in [7, 11) is 0. The number of ether oxygens (including phenoxy) is 1. The maximum atomic E-state index is 13.4. The fourth-order valence-corrected chi connectivity index (χ4v) is 3.27. The first kappa shape index (κ1) is 16.3. The largest absolute Gasteiger partial charge is 0.444 e. The number of nitrogens with zero attached hydrogens (tertiary/aromatic N) is 1. The summed E-state index contributed by atoms with van der Waals surface area (Å²) in [5.41, 5.74) is 0.434. The summed E-state index contributed by atoms with van der Waals surface area (Å²) in [5.74, 6) is 0.156. The highest BCUT2D eigenvalue weighted by atomic mass is 79.9. The van der Waals surface area contributed by atoms with Gasteiger partial charge < -0.3 is 9.64 Å². The van der Waals surface area contributed by atoms with Gasteiger partial charge in [-0.15, -0.1) is 0 Å². The molecule has 2 rings (SSSR count). The van der Waals surface area contributed by atoms with Crippen LogP contribution in [-0.2, 0) is 4.74 Å². The van der Waals surface area contributed by atoms with Crippen LogP contribution >= 0.6 is 15.9 Å². The molecule has 1 aliphatic rings. The van der Waals surface area contributed by atoms with Crippen molar-refractivity contribution in [3.05, 3.63) is 35.6 Å². The monoisotopic (exact) mass is 357 g/mol. The number of halogens is 2. The van der Waals surface area contributed by atoms with Crippen LogP contribution in [0.15, 0.2) is 24.3 Å². The van der Waals surface area contributed by atoms with E-state index in [2.05, 4.69) is 15.9 Å². The molecule has 1 fully saturated rings. The number of alkyl halides is 1. The van der Waals surface area contributed by atoms with E-state index in [4.69, 9.17) is 4.74 Å². The number of carbonyl (C=O) groups is 1. The van der Waals surface area contributed by atoms with Crippen LogP contribution in [0.25, 0.3) is 0 Å². The Morgan fingerprint density at radius 3 is 2.71 bits per heavy atom. The first-order valence-corrected chi connectivity index (χ1v) is 8.21. The molecular weight excluding hydrogens is 337 g/mol. The van der Waals surface area contributed by atoms with Gasteiger partial charge >= 0.3 is 6.09 Å². The van der Waals surface area contributed by atoms with Gasteiger partial charge in [0, 0.05) is 24.3 Å². The van der Waals surface area contributed by atoms with Crippen LogP contribution in [0.2, 0.25) is 0 Å². The van der Waals surface area contributed by atoms with E-state index in [1.807, 2.05) is 26.8 Å². The third-order valence-electron chi connectivity index (χ3n) is 3.57. The van der Waals surface area contributed by atoms with Crippen LogP contribution in [0, 0.1) is 11.7 Å². The van der Waals surface area contributed by atoms with E-state index < -0.39 is 5.60 Å². The van der Waals surface area contributed by atoms with Gasteiger partial charge in [-0.3, -0.25) is 0 Å². The van der Waals surface area contributed by atoms with Crippen LogP contribution in [0.1, 0.15) is 32.3 Å². The lowest BCUT2D eigenvalue weighted by Gasteiger charge is -2.24. The Balaban J connectivity index is 2.12. The second kappa shape index (κ2) is 6.34. The second-order valence-corrected chi connectivity index (χ2v) is 7.11.